The summed E-state index contributed by atoms with van der Waals surface area (Å²) in [7, 11) is 0. The Hall–Kier alpha value is -2.15. The van der Waals surface area contributed by atoms with Gasteiger partial charge in [0.15, 0.2) is 0 Å². The Bertz CT molecular complexity index is 517. The van der Waals surface area contributed by atoms with E-state index < -0.39 is 28.5 Å². The molecule has 0 aliphatic heterocycles. The van der Waals surface area contributed by atoms with Gasteiger partial charge in [-0.25, -0.2) is 0 Å². The molecule has 18 heavy (non-hydrogen) atoms. The molecule has 1 N–H and O–H groups in total. The normalized spacial score (nSPS) is 11.7. The maximum Gasteiger partial charge on any atom is 0.288 e. The highest BCUT2D eigenvalue weighted by molar-refractivity contribution is 6.32. The number of aliphatic carboxylic acids is 1. The molecule has 0 spiro atoms. The van der Waals surface area contributed by atoms with Crippen LogP contribution in [0.15, 0.2) is 18.2 Å². The molecular formula is C10H8ClN2O5-. The van der Waals surface area contributed by atoms with E-state index in [2.05, 4.69) is 5.32 Å². The summed E-state index contributed by atoms with van der Waals surface area (Å²) < 4.78 is 0. The van der Waals surface area contributed by atoms with Gasteiger partial charge in [-0.1, -0.05) is 11.6 Å². The molecule has 1 aromatic carbocycles. The van der Waals surface area contributed by atoms with Crippen LogP contribution in [0.4, 0.5) is 5.69 Å². The average molecular weight is 272 g/mol. The molecule has 96 valence electrons. The average Bonchev–Trinajstić information content (AvgIpc) is 2.28. The van der Waals surface area contributed by atoms with Gasteiger partial charge in [0.05, 0.1) is 16.9 Å². The minimum absolute atomic E-state index is 0.0563. The lowest BCUT2D eigenvalue weighted by Gasteiger charge is -2.14. The second-order valence-electron chi connectivity index (χ2n) is 3.44. The van der Waals surface area contributed by atoms with E-state index in [1.54, 1.807) is 0 Å². The van der Waals surface area contributed by atoms with Crippen LogP contribution in [0, 0.1) is 10.1 Å². The van der Waals surface area contributed by atoms with Crippen molar-refractivity contribution in [2.24, 2.45) is 0 Å². The summed E-state index contributed by atoms with van der Waals surface area (Å²) in [5.74, 6) is -2.21. The summed E-state index contributed by atoms with van der Waals surface area (Å²) in [6.07, 6.45) is 0. The topological polar surface area (TPSA) is 112 Å². The molecule has 0 saturated carbocycles. The minimum Gasteiger partial charge on any atom is -0.548 e. The third-order valence-electron chi connectivity index (χ3n) is 2.11. The summed E-state index contributed by atoms with van der Waals surface area (Å²) >= 11 is 5.57. The van der Waals surface area contributed by atoms with Crippen LogP contribution >= 0.6 is 11.6 Å². The van der Waals surface area contributed by atoms with Crippen LogP contribution in [-0.2, 0) is 4.79 Å². The zero-order valence-electron chi connectivity index (χ0n) is 9.18. The van der Waals surface area contributed by atoms with Crippen LogP contribution in [0.3, 0.4) is 0 Å². The van der Waals surface area contributed by atoms with Gasteiger partial charge in [0.25, 0.3) is 11.6 Å². The Morgan fingerprint density at radius 2 is 2.06 bits per heavy atom. The van der Waals surface area contributed by atoms with Crippen molar-refractivity contribution in [2.75, 3.05) is 0 Å². The fourth-order valence-electron chi connectivity index (χ4n) is 1.13. The number of carbonyl (C=O) groups is 2. The lowest BCUT2D eigenvalue weighted by Crippen LogP contribution is -2.45. The first kappa shape index (κ1) is 13.9. The van der Waals surface area contributed by atoms with E-state index >= 15 is 0 Å². The van der Waals surface area contributed by atoms with Gasteiger partial charge >= 0.3 is 0 Å². The maximum atomic E-state index is 11.6. The number of nitrogens with zero attached hydrogens (tertiary/aromatic N) is 1. The van der Waals surface area contributed by atoms with Gasteiger partial charge in [-0.3, -0.25) is 14.9 Å². The van der Waals surface area contributed by atoms with Crippen LogP contribution in [-0.4, -0.2) is 22.8 Å². The summed E-state index contributed by atoms with van der Waals surface area (Å²) in [4.78, 5) is 31.9. The first-order chi connectivity index (χ1) is 8.32. The van der Waals surface area contributed by atoms with Gasteiger partial charge in [-0.2, -0.15) is 0 Å². The third kappa shape index (κ3) is 3.17. The highest BCUT2D eigenvalue weighted by atomic mass is 35.5. The minimum atomic E-state index is -1.45. The van der Waals surface area contributed by atoms with E-state index in [4.69, 9.17) is 11.6 Å². The molecule has 1 aromatic rings. The summed E-state index contributed by atoms with van der Waals surface area (Å²) in [6.45, 7) is 1.22. The smallest absolute Gasteiger partial charge is 0.288 e. The van der Waals surface area contributed by atoms with Gasteiger partial charge in [0, 0.05) is 11.6 Å². The predicted octanol–water partition coefficient (Wildman–Crippen LogP) is 0.116. The van der Waals surface area contributed by atoms with Crippen molar-refractivity contribution in [2.45, 2.75) is 13.0 Å². The van der Waals surface area contributed by atoms with Crippen molar-refractivity contribution in [3.05, 3.63) is 38.9 Å². The molecule has 0 saturated heterocycles. The lowest BCUT2D eigenvalue weighted by atomic mass is 10.2. The number of carboxylic acids is 1. The number of nitrogens with one attached hydrogen (secondary N) is 1. The van der Waals surface area contributed by atoms with Crippen LogP contribution in [0.5, 0.6) is 0 Å². The van der Waals surface area contributed by atoms with E-state index in [9.17, 15) is 24.8 Å². The molecule has 0 unspecified atom stereocenters. The first-order valence-electron chi connectivity index (χ1n) is 4.78. The highest BCUT2D eigenvalue weighted by Gasteiger charge is 2.17. The molecule has 1 atom stereocenters. The molecular weight excluding hydrogens is 264 g/mol. The van der Waals surface area contributed by atoms with Gasteiger partial charge < -0.3 is 15.2 Å². The molecule has 0 radical (unpaired) electrons. The molecule has 0 aromatic heterocycles. The Morgan fingerprint density at radius 3 is 2.56 bits per heavy atom. The second-order valence-corrected chi connectivity index (χ2v) is 3.84. The second kappa shape index (κ2) is 5.46. The lowest BCUT2D eigenvalue weighted by molar-refractivity contribution is -0.384. The van der Waals surface area contributed by atoms with Crippen molar-refractivity contribution in [3.63, 3.8) is 0 Å². The van der Waals surface area contributed by atoms with Crippen molar-refractivity contribution in [3.8, 4) is 0 Å². The molecule has 8 heteroatoms. The summed E-state index contributed by atoms with van der Waals surface area (Å²) in [5.41, 5.74) is -0.482. The first-order valence-corrected chi connectivity index (χ1v) is 5.16. The number of hydrogen-bond donors (Lipinski definition) is 1. The number of rotatable bonds is 4. The van der Waals surface area contributed by atoms with E-state index in [0.29, 0.717) is 0 Å². The van der Waals surface area contributed by atoms with Crippen LogP contribution < -0.4 is 10.4 Å². The molecule has 0 aliphatic rings. The summed E-state index contributed by atoms with van der Waals surface area (Å²) in [6, 6.07) is 2.22. The SMILES string of the molecule is C[C@@H](NC(=O)c1ccc(Cl)c([N+](=O)[O-])c1)C(=O)[O-]. The standard InChI is InChI=1S/C10H9ClN2O5/c1-5(10(15)16)12-9(14)6-2-3-7(11)8(4-6)13(17)18/h2-5H,1H3,(H,12,14)(H,15,16)/p-1/t5-/m1/s1. The van der Waals surface area contributed by atoms with E-state index in [0.717, 1.165) is 6.07 Å². The Labute approximate surface area is 107 Å². The maximum absolute atomic E-state index is 11.6. The highest BCUT2D eigenvalue weighted by Crippen LogP contribution is 2.24. The van der Waals surface area contributed by atoms with Gasteiger partial charge in [-0.05, 0) is 19.1 Å². The third-order valence-corrected chi connectivity index (χ3v) is 2.43. The monoisotopic (exact) mass is 271 g/mol. The summed E-state index contributed by atoms with van der Waals surface area (Å²) in [5, 5.41) is 23.1. The number of benzene rings is 1. The zero-order chi connectivity index (χ0) is 13.9. The Kier molecular flexibility index (Phi) is 4.22. The number of hydrogen-bond acceptors (Lipinski definition) is 5. The number of nitro benzene ring substituents is 1. The molecule has 0 bridgehead atoms. The molecule has 0 aliphatic carbocycles. The van der Waals surface area contributed by atoms with Crippen molar-refractivity contribution in [1.82, 2.24) is 5.32 Å². The number of amides is 1. The van der Waals surface area contributed by atoms with Crippen LogP contribution in [0.2, 0.25) is 5.02 Å². The van der Waals surface area contributed by atoms with Crippen molar-refractivity contribution >= 4 is 29.2 Å². The zero-order valence-corrected chi connectivity index (χ0v) is 9.93. The van der Waals surface area contributed by atoms with E-state index in [1.165, 1.54) is 19.1 Å². The quantitative estimate of drug-likeness (QED) is 0.617. The molecule has 0 fully saturated rings. The molecule has 7 nitrogen and oxygen atoms in total. The number of halogens is 1. The van der Waals surface area contributed by atoms with Crippen LogP contribution in [0.25, 0.3) is 0 Å². The number of nitro groups is 1. The van der Waals surface area contributed by atoms with Gasteiger partial charge in [-0.15, -0.1) is 0 Å². The Morgan fingerprint density at radius 1 is 1.44 bits per heavy atom. The Balaban J connectivity index is 2.97. The van der Waals surface area contributed by atoms with Crippen molar-refractivity contribution in [1.29, 1.82) is 0 Å². The van der Waals surface area contributed by atoms with E-state index in [1.807, 2.05) is 0 Å². The van der Waals surface area contributed by atoms with Crippen LogP contribution in [0.1, 0.15) is 17.3 Å². The van der Waals surface area contributed by atoms with Gasteiger partial charge in [0.1, 0.15) is 5.02 Å². The van der Waals surface area contributed by atoms with E-state index in [-0.39, 0.29) is 10.6 Å². The largest absolute Gasteiger partial charge is 0.548 e. The van der Waals surface area contributed by atoms with Crippen molar-refractivity contribution < 1.29 is 19.6 Å². The molecule has 0 heterocycles. The number of carbonyl (C=O) groups excluding carboxylic acids is 2. The predicted molar refractivity (Wildman–Crippen MR) is 60.0 cm³/mol. The fourth-order valence-corrected chi connectivity index (χ4v) is 1.32. The number of carboxylic acid groups (broad SMARTS) is 1. The molecule has 1 amide bonds. The van der Waals surface area contributed by atoms with Gasteiger partial charge in [0.2, 0.25) is 0 Å². The molecule has 1 rings (SSSR count). The fraction of sp³-hybridized carbons (Fsp3) is 0.200.